The first-order valence-electron chi connectivity index (χ1n) is 8.22. The largest absolute Gasteiger partial charge is 0.483 e. The van der Waals surface area contributed by atoms with Crippen molar-refractivity contribution in [3.8, 4) is 16.9 Å². The highest BCUT2D eigenvalue weighted by molar-refractivity contribution is 7.80. The van der Waals surface area contributed by atoms with Crippen molar-refractivity contribution in [1.29, 1.82) is 0 Å². The van der Waals surface area contributed by atoms with Crippen LogP contribution in [0.5, 0.6) is 5.75 Å². The Morgan fingerprint density at radius 2 is 1.86 bits per heavy atom. The summed E-state index contributed by atoms with van der Waals surface area (Å²) < 4.78 is 43.3. The summed E-state index contributed by atoms with van der Waals surface area (Å²) in [6, 6.07) is 9.75. The SMILES string of the molecule is CN(O)Cc1cc(OCC(F)(F)F)c(-c2c[nH]c(=O)c3ccccc23)cc1S. The van der Waals surface area contributed by atoms with Crippen LogP contribution < -0.4 is 10.3 Å². The number of rotatable bonds is 5. The van der Waals surface area contributed by atoms with Crippen LogP contribution in [-0.4, -0.2) is 35.1 Å². The van der Waals surface area contributed by atoms with E-state index in [1.54, 1.807) is 30.3 Å². The number of hydrogen-bond acceptors (Lipinski definition) is 5. The van der Waals surface area contributed by atoms with E-state index in [-0.39, 0.29) is 17.9 Å². The molecule has 0 aliphatic rings. The molecular formula is C19H17F3N2O3S. The molecule has 0 spiro atoms. The van der Waals surface area contributed by atoms with Gasteiger partial charge in [0.2, 0.25) is 0 Å². The second kappa shape index (κ2) is 7.86. The molecule has 3 aromatic rings. The molecule has 148 valence electrons. The molecule has 0 aliphatic carbocycles. The van der Waals surface area contributed by atoms with Crippen LogP contribution in [0.15, 0.2) is 52.3 Å². The maximum atomic E-state index is 12.7. The molecular weight excluding hydrogens is 393 g/mol. The summed E-state index contributed by atoms with van der Waals surface area (Å²) in [6.45, 7) is -1.42. The second-order valence-electron chi connectivity index (χ2n) is 6.27. The van der Waals surface area contributed by atoms with Crippen LogP contribution >= 0.6 is 12.6 Å². The minimum Gasteiger partial charge on any atom is -0.483 e. The quantitative estimate of drug-likeness (QED) is 0.435. The van der Waals surface area contributed by atoms with Crippen LogP contribution in [0.3, 0.4) is 0 Å². The number of halogens is 3. The summed E-state index contributed by atoms with van der Waals surface area (Å²) in [5, 5.41) is 11.3. The predicted octanol–water partition coefficient (Wildman–Crippen LogP) is 4.25. The zero-order valence-corrected chi connectivity index (χ0v) is 15.6. The number of hydroxylamine groups is 2. The highest BCUT2D eigenvalue weighted by atomic mass is 32.1. The monoisotopic (exact) mass is 410 g/mol. The predicted molar refractivity (Wildman–Crippen MR) is 102 cm³/mol. The fourth-order valence-electron chi connectivity index (χ4n) is 2.91. The molecule has 0 saturated heterocycles. The van der Waals surface area contributed by atoms with Crippen molar-refractivity contribution in [2.24, 2.45) is 0 Å². The van der Waals surface area contributed by atoms with Crippen LogP contribution in [0.2, 0.25) is 0 Å². The van der Waals surface area contributed by atoms with E-state index in [0.717, 1.165) is 5.06 Å². The van der Waals surface area contributed by atoms with E-state index in [1.165, 1.54) is 19.3 Å². The maximum Gasteiger partial charge on any atom is 0.422 e. The Balaban J connectivity index is 2.20. The molecule has 1 aromatic heterocycles. The van der Waals surface area contributed by atoms with E-state index in [4.69, 9.17) is 4.74 Å². The van der Waals surface area contributed by atoms with Gasteiger partial charge in [-0.05, 0) is 29.1 Å². The van der Waals surface area contributed by atoms with E-state index in [2.05, 4.69) is 17.6 Å². The van der Waals surface area contributed by atoms with Gasteiger partial charge in [-0.2, -0.15) is 18.2 Å². The van der Waals surface area contributed by atoms with Gasteiger partial charge in [0.1, 0.15) is 5.75 Å². The van der Waals surface area contributed by atoms with Crippen molar-refractivity contribution < 1.29 is 23.1 Å². The third-order valence-electron chi connectivity index (χ3n) is 4.07. The van der Waals surface area contributed by atoms with Crippen LogP contribution in [0.25, 0.3) is 21.9 Å². The first kappa shape index (κ1) is 20.2. The number of H-pyrrole nitrogens is 1. The van der Waals surface area contributed by atoms with E-state index in [0.29, 0.717) is 32.4 Å². The number of pyridine rings is 1. The van der Waals surface area contributed by atoms with Crippen molar-refractivity contribution in [2.45, 2.75) is 17.6 Å². The van der Waals surface area contributed by atoms with Crippen molar-refractivity contribution in [3.05, 3.63) is 58.5 Å². The lowest BCUT2D eigenvalue weighted by atomic mass is 9.98. The molecule has 0 radical (unpaired) electrons. The summed E-state index contributed by atoms with van der Waals surface area (Å²) in [4.78, 5) is 15.1. The molecule has 1 heterocycles. The summed E-state index contributed by atoms with van der Waals surface area (Å²) in [7, 11) is 1.41. The fourth-order valence-corrected chi connectivity index (χ4v) is 3.17. The molecule has 0 fully saturated rings. The van der Waals surface area contributed by atoms with Gasteiger partial charge in [0.15, 0.2) is 6.61 Å². The van der Waals surface area contributed by atoms with Gasteiger partial charge in [-0.15, -0.1) is 12.6 Å². The number of aromatic nitrogens is 1. The van der Waals surface area contributed by atoms with Gasteiger partial charge in [0, 0.05) is 41.2 Å². The van der Waals surface area contributed by atoms with E-state index < -0.39 is 12.8 Å². The number of nitrogens with one attached hydrogen (secondary N) is 1. The lowest BCUT2D eigenvalue weighted by molar-refractivity contribution is -0.153. The lowest BCUT2D eigenvalue weighted by Crippen LogP contribution is -2.20. The Kier molecular flexibility index (Phi) is 5.69. The maximum absolute atomic E-state index is 12.7. The molecule has 0 bridgehead atoms. The van der Waals surface area contributed by atoms with Gasteiger partial charge < -0.3 is 14.9 Å². The number of fused-ring (bicyclic) bond motifs is 1. The summed E-state index contributed by atoms with van der Waals surface area (Å²) in [5.74, 6) is -0.0239. The minimum atomic E-state index is -4.52. The van der Waals surface area contributed by atoms with E-state index in [9.17, 15) is 23.2 Å². The Morgan fingerprint density at radius 3 is 2.50 bits per heavy atom. The average Bonchev–Trinajstić information content (AvgIpc) is 2.62. The van der Waals surface area contributed by atoms with E-state index >= 15 is 0 Å². The number of benzene rings is 2. The van der Waals surface area contributed by atoms with Crippen molar-refractivity contribution in [2.75, 3.05) is 13.7 Å². The topological polar surface area (TPSA) is 65.6 Å². The number of thiol groups is 1. The van der Waals surface area contributed by atoms with E-state index in [1.807, 2.05) is 0 Å². The van der Waals surface area contributed by atoms with Crippen LogP contribution in [0, 0.1) is 0 Å². The van der Waals surface area contributed by atoms with Crippen molar-refractivity contribution in [3.63, 3.8) is 0 Å². The van der Waals surface area contributed by atoms with Crippen LogP contribution in [0.1, 0.15) is 5.56 Å². The van der Waals surface area contributed by atoms with Crippen molar-refractivity contribution in [1.82, 2.24) is 10.0 Å². The molecule has 2 aromatic carbocycles. The zero-order valence-electron chi connectivity index (χ0n) is 14.7. The van der Waals surface area contributed by atoms with Crippen LogP contribution in [0.4, 0.5) is 13.2 Å². The van der Waals surface area contributed by atoms with Gasteiger partial charge >= 0.3 is 6.18 Å². The Labute approximate surface area is 163 Å². The molecule has 0 saturated carbocycles. The molecule has 3 rings (SSSR count). The first-order valence-corrected chi connectivity index (χ1v) is 8.66. The molecule has 0 atom stereocenters. The molecule has 28 heavy (non-hydrogen) atoms. The molecule has 2 N–H and O–H groups in total. The molecule has 0 aliphatic heterocycles. The minimum absolute atomic E-state index is 0.0239. The third kappa shape index (κ3) is 4.49. The highest BCUT2D eigenvalue weighted by Gasteiger charge is 2.29. The number of nitrogens with zero attached hydrogens (tertiary/aromatic N) is 1. The number of hydrogen-bond donors (Lipinski definition) is 3. The van der Waals surface area contributed by atoms with Crippen LogP contribution in [-0.2, 0) is 6.54 Å². The number of aromatic amines is 1. The summed E-state index contributed by atoms with van der Waals surface area (Å²) in [5.41, 5.74) is 1.04. The highest BCUT2D eigenvalue weighted by Crippen LogP contribution is 2.38. The standard InChI is InChI=1S/C19H17F3N2O3S/c1-24(26)9-11-6-16(27-10-19(20,21)22)14(7-17(11)28)15-8-23-18(25)13-5-3-2-4-12(13)15/h2-8,26,28H,9-10H2,1H3,(H,23,25). The normalized spacial score (nSPS) is 12.0. The molecule has 5 nitrogen and oxygen atoms in total. The van der Waals surface area contributed by atoms with Gasteiger partial charge in [0.25, 0.3) is 5.56 Å². The fraction of sp³-hybridized carbons (Fsp3) is 0.211. The third-order valence-corrected chi connectivity index (χ3v) is 4.49. The molecule has 0 unspecified atom stereocenters. The number of alkyl halides is 3. The second-order valence-corrected chi connectivity index (χ2v) is 6.76. The average molecular weight is 410 g/mol. The summed E-state index contributed by atoms with van der Waals surface area (Å²) >= 11 is 4.39. The lowest BCUT2D eigenvalue weighted by Gasteiger charge is -2.18. The number of ether oxygens (including phenoxy) is 1. The zero-order chi connectivity index (χ0) is 20.5. The Bertz CT molecular complexity index is 1060. The molecule has 9 heteroatoms. The smallest absolute Gasteiger partial charge is 0.422 e. The van der Waals surface area contributed by atoms with Gasteiger partial charge in [-0.25, -0.2) is 0 Å². The first-order chi connectivity index (χ1) is 13.2. The van der Waals surface area contributed by atoms with Gasteiger partial charge in [0.05, 0.1) is 0 Å². The van der Waals surface area contributed by atoms with Crippen molar-refractivity contribution >= 4 is 23.4 Å². The molecule has 0 amide bonds. The summed E-state index contributed by atoms with van der Waals surface area (Å²) in [6.07, 6.45) is -3.08. The Hall–Kier alpha value is -2.49. The van der Waals surface area contributed by atoms with Gasteiger partial charge in [-0.1, -0.05) is 18.2 Å². The Morgan fingerprint density at radius 1 is 1.18 bits per heavy atom. The van der Waals surface area contributed by atoms with Gasteiger partial charge in [-0.3, -0.25) is 4.79 Å².